The summed E-state index contributed by atoms with van der Waals surface area (Å²) >= 11 is 0. The van der Waals surface area contributed by atoms with Crippen LogP contribution in [0.15, 0.2) is 12.4 Å². The molecule has 0 radical (unpaired) electrons. The highest BCUT2D eigenvalue weighted by molar-refractivity contribution is 6.00. The maximum Gasteiger partial charge on any atom is 0.218 e. The predicted octanol–water partition coefficient (Wildman–Crippen LogP) is 2.74. The zero-order valence-corrected chi connectivity index (χ0v) is 12.4. The third-order valence-electron chi connectivity index (χ3n) is 4.49. The summed E-state index contributed by atoms with van der Waals surface area (Å²) in [6, 6.07) is 0. The number of hydrogen-bond donors (Lipinski definition) is 0. The summed E-state index contributed by atoms with van der Waals surface area (Å²) in [7, 11) is 0. The van der Waals surface area contributed by atoms with Crippen LogP contribution in [0.1, 0.15) is 57.1 Å². The highest BCUT2D eigenvalue weighted by Crippen LogP contribution is 2.27. The van der Waals surface area contributed by atoms with Gasteiger partial charge in [-0.3, -0.25) is 9.69 Å². The van der Waals surface area contributed by atoms with Crippen LogP contribution in [0.25, 0.3) is 0 Å². The van der Waals surface area contributed by atoms with Crippen LogP contribution in [-0.2, 0) is 6.54 Å². The van der Waals surface area contributed by atoms with Crippen LogP contribution in [0.2, 0.25) is 0 Å². The Morgan fingerprint density at radius 2 is 2.00 bits per heavy atom. The summed E-state index contributed by atoms with van der Waals surface area (Å²) in [5, 5.41) is 0. The topological polar surface area (TPSA) is 38.1 Å². The molecule has 1 aromatic rings. The van der Waals surface area contributed by atoms with Gasteiger partial charge in [0.2, 0.25) is 5.78 Å². The van der Waals surface area contributed by atoms with Crippen molar-refractivity contribution in [1.29, 1.82) is 0 Å². The van der Waals surface area contributed by atoms with Crippen LogP contribution in [-0.4, -0.2) is 38.9 Å². The van der Waals surface area contributed by atoms with Crippen LogP contribution < -0.4 is 0 Å². The van der Waals surface area contributed by atoms with E-state index in [0.29, 0.717) is 5.82 Å². The Bertz CT molecular complexity index is 434. The number of rotatable bonds is 5. The van der Waals surface area contributed by atoms with E-state index in [1.807, 2.05) is 17.7 Å². The van der Waals surface area contributed by atoms with Gasteiger partial charge < -0.3 is 4.57 Å². The first kappa shape index (κ1) is 14.3. The smallest absolute Gasteiger partial charge is 0.218 e. The predicted molar refractivity (Wildman–Crippen MR) is 76.4 cm³/mol. The van der Waals surface area contributed by atoms with Crippen LogP contribution in [0.3, 0.4) is 0 Å². The molecule has 0 aliphatic carbocycles. The van der Waals surface area contributed by atoms with Gasteiger partial charge in [-0.05, 0) is 46.2 Å². The van der Waals surface area contributed by atoms with Crippen LogP contribution in [0.5, 0.6) is 0 Å². The SMILES string of the molecule is CCn1ccnc1C(=O)C(C)(CC)N1CCCCC1. The number of aryl methyl sites for hydroxylation is 1. The Kier molecular flexibility index (Phi) is 4.40. The molecule has 1 unspecified atom stereocenters. The van der Waals surface area contributed by atoms with Gasteiger partial charge in [0.15, 0.2) is 5.82 Å². The van der Waals surface area contributed by atoms with Crippen LogP contribution in [0.4, 0.5) is 0 Å². The number of imidazole rings is 1. The molecule has 4 heteroatoms. The molecule has 19 heavy (non-hydrogen) atoms. The van der Waals surface area contributed by atoms with E-state index in [1.165, 1.54) is 19.3 Å². The van der Waals surface area contributed by atoms with Gasteiger partial charge >= 0.3 is 0 Å². The Morgan fingerprint density at radius 1 is 1.32 bits per heavy atom. The average molecular weight is 263 g/mol. The van der Waals surface area contributed by atoms with Gasteiger partial charge in [0.1, 0.15) is 0 Å². The number of piperidine rings is 1. The van der Waals surface area contributed by atoms with Gasteiger partial charge in [-0.25, -0.2) is 4.98 Å². The highest BCUT2D eigenvalue weighted by atomic mass is 16.1. The van der Waals surface area contributed by atoms with Crippen molar-refractivity contribution >= 4 is 5.78 Å². The second-order valence-corrected chi connectivity index (χ2v) is 5.54. The fraction of sp³-hybridized carbons (Fsp3) is 0.733. The summed E-state index contributed by atoms with van der Waals surface area (Å²) in [5.41, 5.74) is -0.404. The molecule has 0 aromatic carbocycles. The number of carbonyl (C=O) groups is 1. The molecule has 0 spiro atoms. The van der Waals surface area contributed by atoms with Crippen molar-refractivity contribution in [2.75, 3.05) is 13.1 Å². The second-order valence-electron chi connectivity index (χ2n) is 5.54. The molecule has 0 bridgehead atoms. The molecule has 1 aliphatic heterocycles. The summed E-state index contributed by atoms with van der Waals surface area (Å²) in [6.07, 6.45) is 8.13. The van der Waals surface area contributed by atoms with Crippen LogP contribution in [0, 0.1) is 0 Å². The standard InChI is InChI=1S/C15H25N3O/c1-4-15(3,18-10-7-6-8-11-18)13(19)14-16-9-12-17(14)5-2/h9,12H,4-8,10-11H2,1-3H3. The zero-order chi connectivity index (χ0) is 13.9. The fourth-order valence-electron chi connectivity index (χ4n) is 2.93. The monoisotopic (exact) mass is 263 g/mol. The van der Waals surface area contributed by atoms with Crippen molar-refractivity contribution in [3.05, 3.63) is 18.2 Å². The van der Waals surface area contributed by atoms with E-state index in [1.54, 1.807) is 6.20 Å². The lowest BCUT2D eigenvalue weighted by Gasteiger charge is -2.41. The van der Waals surface area contributed by atoms with Crippen molar-refractivity contribution in [2.45, 2.75) is 58.5 Å². The third kappa shape index (κ3) is 2.59. The summed E-state index contributed by atoms with van der Waals surface area (Å²) in [6.45, 7) is 9.08. The van der Waals surface area contributed by atoms with Crippen molar-refractivity contribution in [2.24, 2.45) is 0 Å². The number of hydrogen-bond acceptors (Lipinski definition) is 3. The molecular weight excluding hydrogens is 238 g/mol. The molecule has 0 saturated carbocycles. The molecular formula is C15H25N3O. The molecule has 0 N–H and O–H groups in total. The molecule has 2 rings (SSSR count). The van der Waals surface area contributed by atoms with Gasteiger partial charge in [-0.2, -0.15) is 0 Å². The van der Waals surface area contributed by atoms with Gasteiger partial charge in [0.25, 0.3) is 0 Å². The Morgan fingerprint density at radius 3 is 2.58 bits per heavy atom. The number of Topliss-reactive ketones (excluding diaryl/α,β-unsaturated/α-hetero) is 1. The second kappa shape index (κ2) is 5.87. The lowest BCUT2D eigenvalue weighted by molar-refractivity contribution is 0.0491. The largest absolute Gasteiger partial charge is 0.329 e. The quantitative estimate of drug-likeness (QED) is 0.767. The highest BCUT2D eigenvalue weighted by Gasteiger charge is 2.40. The number of carbonyl (C=O) groups excluding carboxylic acids is 1. The van der Waals surface area contributed by atoms with E-state index in [4.69, 9.17) is 0 Å². The van der Waals surface area contributed by atoms with Crippen molar-refractivity contribution < 1.29 is 4.79 Å². The molecule has 1 aliphatic rings. The Hall–Kier alpha value is -1.16. The normalized spacial score (nSPS) is 20.2. The number of nitrogens with zero attached hydrogens (tertiary/aromatic N) is 3. The summed E-state index contributed by atoms with van der Waals surface area (Å²) in [4.78, 5) is 19.6. The van der Waals surface area contributed by atoms with E-state index in [9.17, 15) is 4.79 Å². The zero-order valence-electron chi connectivity index (χ0n) is 12.4. The first-order valence-electron chi connectivity index (χ1n) is 7.44. The van der Waals surface area contributed by atoms with Crippen molar-refractivity contribution in [3.8, 4) is 0 Å². The number of ketones is 1. The first-order chi connectivity index (χ1) is 9.13. The third-order valence-corrected chi connectivity index (χ3v) is 4.49. The van der Waals surface area contributed by atoms with Gasteiger partial charge in [0.05, 0.1) is 5.54 Å². The molecule has 0 amide bonds. The van der Waals surface area contributed by atoms with E-state index >= 15 is 0 Å². The maximum absolute atomic E-state index is 12.9. The lowest BCUT2D eigenvalue weighted by Crippen LogP contribution is -2.54. The molecule has 1 aromatic heterocycles. The molecule has 106 valence electrons. The lowest BCUT2D eigenvalue weighted by atomic mass is 9.88. The molecule has 1 atom stereocenters. The van der Waals surface area contributed by atoms with E-state index in [0.717, 1.165) is 26.1 Å². The van der Waals surface area contributed by atoms with Gasteiger partial charge in [0, 0.05) is 18.9 Å². The van der Waals surface area contributed by atoms with E-state index in [-0.39, 0.29) is 5.78 Å². The minimum absolute atomic E-state index is 0.170. The number of aromatic nitrogens is 2. The minimum atomic E-state index is -0.404. The van der Waals surface area contributed by atoms with E-state index < -0.39 is 5.54 Å². The van der Waals surface area contributed by atoms with Crippen molar-refractivity contribution in [3.63, 3.8) is 0 Å². The van der Waals surface area contributed by atoms with E-state index in [2.05, 4.69) is 23.7 Å². The molecule has 4 nitrogen and oxygen atoms in total. The molecule has 2 heterocycles. The summed E-state index contributed by atoms with van der Waals surface area (Å²) < 4.78 is 1.94. The van der Waals surface area contributed by atoms with Crippen molar-refractivity contribution in [1.82, 2.24) is 14.5 Å². The Balaban J connectivity index is 2.27. The van der Waals surface area contributed by atoms with Crippen LogP contribution >= 0.6 is 0 Å². The molecule has 1 saturated heterocycles. The summed E-state index contributed by atoms with van der Waals surface area (Å²) in [5.74, 6) is 0.779. The maximum atomic E-state index is 12.9. The minimum Gasteiger partial charge on any atom is -0.329 e. The van der Waals surface area contributed by atoms with Gasteiger partial charge in [-0.15, -0.1) is 0 Å². The van der Waals surface area contributed by atoms with Gasteiger partial charge in [-0.1, -0.05) is 13.3 Å². The fourth-order valence-corrected chi connectivity index (χ4v) is 2.93. The average Bonchev–Trinajstić information content (AvgIpc) is 2.94. The Labute approximate surface area is 115 Å². The molecule has 1 fully saturated rings. The first-order valence-corrected chi connectivity index (χ1v) is 7.44. The number of likely N-dealkylation sites (tertiary alicyclic amines) is 1.